The van der Waals surface area contributed by atoms with Gasteiger partial charge in [-0.3, -0.25) is 4.79 Å². The van der Waals surface area contributed by atoms with Crippen molar-refractivity contribution in [2.75, 3.05) is 5.33 Å². The highest BCUT2D eigenvalue weighted by Crippen LogP contribution is 2.21. The monoisotopic (exact) mass is 288 g/mol. The van der Waals surface area contributed by atoms with E-state index < -0.39 is 0 Å². The average Bonchev–Trinajstić information content (AvgIpc) is 2.19. The van der Waals surface area contributed by atoms with Crippen LogP contribution in [0.2, 0.25) is 5.02 Å². The number of carbonyl (C=O) groups excluding carboxylic acids is 1. The standard InChI is InChI=1S/C12H14BrClO/c1-8(2)5-10-6-9(12(15)7-13)3-4-11(10)14/h3-4,6,8H,5,7H2,1-2H3. The van der Waals surface area contributed by atoms with Gasteiger partial charge in [0.05, 0.1) is 5.33 Å². The van der Waals surface area contributed by atoms with E-state index in [0.29, 0.717) is 11.2 Å². The first-order valence-electron chi connectivity index (χ1n) is 4.92. The van der Waals surface area contributed by atoms with Crippen LogP contribution in [0.1, 0.15) is 29.8 Å². The molecular weight excluding hydrogens is 275 g/mol. The third kappa shape index (κ3) is 3.62. The molecule has 0 N–H and O–H groups in total. The van der Waals surface area contributed by atoms with Gasteiger partial charge in [-0.2, -0.15) is 0 Å². The molecule has 0 atom stereocenters. The van der Waals surface area contributed by atoms with Crippen molar-refractivity contribution in [2.45, 2.75) is 20.3 Å². The molecule has 0 radical (unpaired) electrons. The van der Waals surface area contributed by atoms with Crippen LogP contribution in [-0.2, 0) is 6.42 Å². The van der Waals surface area contributed by atoms with Crippen LogP contribution in [0.15, 0.2) is 18.2 Å². The summed E-state index contributed by atoms with van der Waals surface area (Å²) < 4.78 is 0. The van der Waals surface area contributed by atoms with Crippen molar-refractivity contribution < 1.29 is 4.79 Å². The van der Waals surface area contributed by atoms with E-state index in [4.69, 9.17) is 11.6 Å². The maximum absolute atomic E-state index is 11.5. The average molecular weight is 290 g/mol. The van der Waals surface area contributed by atoms with E-state index in [1.807, 2.05) is 6.07 Å². The van der Waals surface area contributed by atoms with Gasteiger partial charge in [0.1, 0.15) is 0 Å². The molecule has 15 heavy (non-hydrogen) atoms. The number of benzene rings is 1. The first-order valence-corrected chi connectivity index (χ1v) is 6.42. The van der Waals surface area contributed by atoms with Crippen LogP contribution in [-0.4, -0.2) is 11.1 Å². The molecule has 0 aliphatic rings. The van der Waals surface area contributed by atoms with Gasteiger partial charge in [0, 0.05) is 10.6 Å². The van der Waals surface area contributed by atoms with Gasteiger partial charge < -0.3 is 0 Å². The number of rotatable bonds is 4. The van der Waals surface area contributed by atoms with E-state index in [9.17, 15) is 4.79 Å². The quantitative estimate of drug-likeness (QED) is 0.602. The highest BCUT2D eigenvalue weighted by molar-refractivity contribution is 9.09. The fourth-order valence-electron chi connectivity index (χ4n) is 1.42. The van der Waals surface area contributed by atoms with Crippen LogP contribution in [0, 0.1) is 5.92 Å². The van der Waals surface area contributed by atoms with E-state index in [-0.39, 0.29) is 5.78 Å². The highest BCUT2D eigenvalue weighted by atomic mass is 79.9. The third-order valence-electron chi connectivity index (χ3n) is 2.12. The van der Waals surface area contributed by atoms with Gasteiger partial charge in [0.25, 0.3) is 0 Å². The summed E-state index contributed by atoms with van der Waals surface area (Å²) in [6.45, 7) is 4.27. The molecule has 0 unspecified atom stereocenters. The number of carbonyl (C=O) groups is 1. The number of halogens is 2. The predicted molar refractivity (Wildman–Crippen MR) is 68.1 cm³/mol. The zero-order valence-corrected chi connectivity index (χ0v) is 11.2. The third-order valence-corrected chi connectivity index (χ3v) is 3.00. The summed E-state index contributed by atoms with van der Waals surface area (Å²) in [4.78, 5) is 11.5. The molecule has 1 rings (SSSR count). The van der Waals surface area contributed by atoms with Gasteiger partial charge in [-0.1, -0.05) is 41.4 Å². The van der Waals surface area contributed by atoms with Crippen molar-refractivity contribution in [3.05, 3.63) is 34.3 Å². The summed E-state index contributed by atoms with van der Waals surface area (Å²) in [6, 6.07) is 5.47. The zero-order valence-electron chi connectivity index (χ0n) is 8.89. The van der Waals surface area contributed by atoms with E-state index in [2.05, 4.69) is 29.8 Å². The van der Waals surface area contributed by atoms with Crippen molar-refractivity contribution in [3.8, 4) is 0 Å². The Bertz CT molecular complexity index is 361. The Kier molecular flexibility index (Phi) is 4.81. The molecule has 0 fully saturated rings. The second-order valence-electron chi connectivity index (χ2n) is 3.96. The molecule has 82 valence electrons. The van der Waals surface area contributed by atoms with Gasteiger partial charge in [-0.25, -0.2) is 0 Å². The Morgan fingerprint density at radius 2 is 2.13 bits per heavy atom. The second-order valence-corrected chi connectivity index (χ2v) is 4.93. The first kappa shape index (κ1) is 12.7. The molecule has 1 aromatic rings. The number of alkyl halides is 1. The van der Waals surface area contributed by atoms with Crippen molar-refractivity contribution in [1.82, 2.24) is 0 Å². The normalized spacial score (nSPS) is 10.7. The smallest absolute Gasteiger partial charge is 0.173 e. The molecule has 0 aromatic heterocycles. The van der Waals surface area contributed by atoms with Gasteiger partial charge in [-0.05, 0) is 36.1 Å². The lowest BCUT2D eigenvalue weighted by Gasteiger charge is -2.08. The maximum Gasteiger partial charge on any atom is 0.173 e. The Balaban J connectivity index is 2.99. The van der Waals surface area contributed by atoms with Crippen LogP contribution in [0.3, 0.4) is 0 Å². The fourth-order valence-corrected chi connectivity index (χ4v) is 1.94. The molecular formula is C12H14BrClO. The largest absolute Gasteiger partial charge is 0.293 e. The summed E-state index contributed by atoms with van der Waals surface area (Å²) in [6.07, 6.45) is 0.905. The van der Waals surface area contributed by atoms with E-state index in [0.717, 1.165) is 22.6 Å². The lowest BCUT2D eigenvalue weighted by molar-refractivity contribution is 0.102. The second kappa shape index (κ2) is 5.66. The number of Topliss-reactive ketones (excluding diaryl/α,β-unsaturated/α-hetero) is 1. The lowest BCUT2D eigenvalue weighted by atomic mass is 10.00. The summed E-state index contributed by atoms with van der Waals surface area (Å²) in [5.41, 5.74) is 1.78. The maximum atomic E-state index is 11.5. The summed E-state index contributed by atoms with van der Waals surface area (Å²) in [5.74, 6) is 0.633. The van der Waals surface area contributed by atoms with Crippen molar-refractivity contribution >= 4 is 33.3 Å². The van der Waals surface area contributed by atoms with Crippen LogP contribution in [0.5, 0.6) is 0 Å². The van der Waals surface area contributed by atoms with Crippen LogP contribution < -0.4 is 0 Å². The summed E-state index contributed by atoms with van der Waals surface area (Å²) in [7, 11) is 0. The Morgan fingerprint density at radius 1 is 1.47 bits per heavy atom. The minimum Gasteiger partial charge on any atom is -0.293 e. The van der Waals surface area contributed by atoms with Gasteiger partial charge >= 0.3 is 0 Å². The molecule has 1 nitrogen and oxygen atoms in total. The molecule has 0 spiro atoms. The minimum absolute atomic E-state index is 0.0941. The first-order chi connectivity index (χ1) is 7.04. The SMILES string of the molecule is CC(C)Cc1cc(C(=O)CBr)ccc1Cl. The fraction of sp³-hybridized carbons (Fsp3) is 0.417. The molecule has 0 aliphatic heterocycles. The number of hydrogen-bond donors (Lipinski definition) is 0. The molecule has 0 aliphatic carbocycles. The molecule has 0 saturated heterocycles. The topological polar surface area (TPSA) is 17.1 Å². The molecule has 0 amide bonds. The Hall–Kier alpha value is -0.340. The molecule has 1 aromatic carbocycles. The van der Waals surface area contributed by atoms with E-state index in [1.165, 1.54) is 0 Å². The lowest BCUT2D eigenvalue weighted by Crippen LogP contribution is -2.02. The summed E-state index contributed by atoms with van der Waals surface area (Å²) in [5, 5.41) is 1.10. The molecule has 0 saturated carbocycles. The molecule has 3 heteroatoms. The zero-order chi connectivity index (χ0) is 11.4. The van der Waals surface area contributed by atoms with E-state index >= 15 is 0 Å². The minimum atomic E-state index is 0.0941. The van der Waals surface area contributed by atoms with Crippen LogP contribution >= 0.6 is 27.5 Å². The van der Waals surface area contributed by atoms with Crippen molar-refractivity contribution in [3.63, 3.8) is 0 Å². The van der Waals surface area contributed by atoms with Gasteiger partial charge in [-0.15, -0.1) is 0 Å². The Labute approximate surface area is 104 Å². The van der Waals surface area contributed by atoms with Crippen molar-refractivity contribution in [1.29, 1.82) is 0 Å². The van der Waals surface area contributed by atoms with Crippen molar-refractivity contribution in [2.24, 2.45) is 5.92 Å². The Morgan fingerprint density at radius 3 is 2.67 bits per heavy atom. The molecule has 0 heterocycles. The predicted octanol–water partition coefficient (Wildman–Crippen LogP) is 4.12. The van der Waals surface area contributed by atoms with Gasteiger partial charge in [0.15, 0.2) is 5.78 Å². The molecule has 0 bridgehead atoms. The van der Waals surface area contributed by atoms with Gasteiger partial charge in [0.2, 0.25) is 0 Å². The van der Waals surface area contributed by atoms with Crippen LogP contribution in [0.25, 0.3) is 0 Å². The van der Waals surface area contributed by atoms with E-state index in [1.54, 1.807) is 12.1 Å². The van der Waals surface area contributed by atoms with Crippen LogP contribution in [0.4, 0.5) is 0 Å². The number of ketones is 1. The summed E-state index contributed by atoms with van der Waals surface area (Å²) >= 11 is 9.23. The number of hydrogen-bond acceptors (Lipinski definition) is 1. The highest BCUT2D eigenvalue weighted by Gasteiger charge is 2.08.